The number of aryl methyl sites for hydroxylation is 1. The Morgan fingerprint density at radius 1 is 1.00 bits per heavy atom. The van der Waals surface area contributed by atoms with Crippen LogP contribution in [0.25, 0.3) is 0 Å². The number of ether oxygens (including phenoxy) is 1. The third-order valence-electron chi connectivity index (χ3n) is 5.88. The fraction of sp³-hybridized carbons (Fsp3) is 0.286. The van der Waals surface area contributed by atoms with E-state index in [1.807, 2.05) is 69.3 Å². The van der Waals surface area contributed by atoms with Crippen LogP contribution in [0.1, 0.15) is 29.2 Å². The van der Waals surface area contributed by atoms with Crippen LogP contribution < -0.4 is 10.1 Å². The van der Waals surface area contributed by atoms with E-state index in [9.17, 15) is 9.59 Å². The Kier molecular flexibility index (Phi) is 9.58. The van der Waals surface area contributed by atoms with Gasteiger partial charge < -0.3 is 15.0 Å². The number of carbonyl (C=O) groups excluding carboxylic acids is 2. The largest absolute Gasteiger partial charge is 0.483 e. The second-order valence-corrected chi connectivity index (χ2v) is 9.19. The second-order valence-electron chi connectivity index (χ2n) is 8.34. The minimum atomic E-state index is -0.751. The van der Waals surface area contributed by atoms with E-state index in [2.05, 4.69) is 5.32 Å². The first-order chi connectivity index (χ1) is 16.8. The van der Waals surface area contributed by atoms with Gasteiger partial charge in [-0.25, -0.2) is 0 Å². The van der Waals surface area contributed by atoms with Crippen LogP contribution in [0.3, 0.4) is 0 Å². The van der Waals surface area contributed by atoms with E-state index in [0.717, 1.165) is 16.7 Å². The third kappa shape index (κ3) is 7.23. The molecular weight excluding hydrogens is 483 g/mol. The van der Waals surface area contributed by atoms with Crippen LogP contribution in [0, 0.1) is 13.8 Å². The van der Waals surface area contributed by atoms with Gasteiger partial charge in [0.2, 0.25) is 5.91 Å². The van der Waals surface area contributed by atoms with Gasteiger partial charge in [0.25, 0.3) is 5.91 Å². The van der Waals surface area contributed by atoms with Crippen LogP contribution in [-0.2, 0) is 22.6 Å². The van der Waals surface area contributed by atoms with Gasteiger partial charge in [-0.2, -0.15) is 0 Å². The van der Waals surface area contributed by atoms with Gasteiger partial charge in [0, 0.05) is 29.6 Å². The van der Waals surface area contributed by atoms with Crippen molar-refractivity contribution in [2.45, 2.75) is 39.8 Å². The normalized spacial score (nSPS) is 11.6. The molecule has 1 N–H and O–H groups in total. The minimum Gasteiger partial charge on any atom is -0.483 e. The maximum absolute atomic E-state index is 13.6. The molecule has 0 bridgehead atoms. The molecular formula is C28H30Cl2N2O3. The summed E-state index contributed by atoms with van der Waals surface area (Å²) in [5.74, 6) is 0.0890. The Bertz CT molecular complexity index is 1170. The molecule has 0 aliphatic heterocycles. The number of hydrogen-bond acceptors (Lipinski definition) is 3. The number of benzene rings is 3. The number of likely N-dealkylation sites (N-methyl/N-ethyl adjacent to an activating group) is 1. The quantitative estimate of drug-likeness (QED) is 0.375. The molecule has 3 aromatic carbocycles. The summed E-state index contributed by atoms with van der Waals surface area (Å²) in [4.78, 5) is 28.3. The van der Waals surface area contributed by atoms with Gasteiger partial charge in [-0.15, -0.1) is 0 Å². The molecule has 0 saturated carbocycles. The second kappa shape index (κ2) is 12.6. The highest BCUT2D eigenvalue weighted by atomic mass is 35.5. The molecule has 0 unspecified atom stereocenters. The van der Waals surface area contributed by atoms with Crippen molar-refractivity contribution < 1.29 is 14.3 Å². The lowest BCUT2D eigenvalue weighted by Crippen LogP contribution is -2.51. The molecule has 2 amide bonds. The number of nitrogens with zero attached hydrogens (tertiary/aromatic N) is 1. The van der Waals surface area contributed by atoms with Crippen LogP contribution >= 0.6 is 23.2 Å². The number of nitrogens with one attached hydrogen (secondary N) is 1. The summed E-state index contributed by atoms with van der Waals surface area (Å²) in [6, 6.07) is 19.7. The summed E-state index contributed by atoms with van der Waals surface area (Å²) >= 11 is 12.5. The summed E-state index contributed by atoms with van der Waals surface area (Å²) in [6.45, 7) is 6.17. The van der Waals surface area contributed by atoms with Gasteiger partial charge in [0.05, 0.1) is 0 Å². The molecule has 0 aliphatic rings. The van der Waals surface area contributed by atoms with Crippen LogP contribution in [0.4, 0.5) is 0 Å². The van der Waals surface area contributed by atoms with Gasteiger partial charge in [0.1, 0.15) is 11.8 Å². The van der Waals surface area contributed by atoms with Crippen LogP contribution in [0.15, 0.2) is 66.7 Å². The zero-order chi connectivity index (χ0) is 25.4. The SMILES string of the molecule is CCNC(=O)[C@H](Cc1ccccc1)N(Cc1ccc(Cl)cc1Cl)C(=O)COc1cccc(C)c1C. The first-order valence-corrected chi connectivity index (χ1v) is 12.3. The topological polar surface area (TPSA) is 58.6 Å². The lowest BCUT2D eigenvalue weighted by molar-refractivity contribution is -0.142. The van der Waals surface area contributed by atoms with E-state index < -0.39 is 6.04 Å². The van der Waals surface area contributed by atoms with E-state index in [4.69, 9.17) is 27.9 Å². The number of amides is 2. The van der Waals surface area contributed by atoms with Crippen molar-refractivity contribution in [1.29, 1.82) is 0 Å². The molecule has 7 heteroatoms. The molecule has 1 atom stereocenters. The Labute approximate surface area is 217 Å². The molecule has 0 fully saturated rings. The molecule has 0 heterocycles. The summed E-state index contributed by atoms with van der Waals surface area (Å²) in [5.41, 5.74) is 3.68. The summed E-state index contributed by atoms with van der Waals surface area (Å²) < 4.78 is 5.91. The molecule has 184 valence electrons. The average Bonchev–Trinajstić information content (AvgIpc) is 2.84. The highest BCUT2D eigenvalue weighted by Crippen LogP contribution is 2.25. The molecule has 0 spiro atoms. The molecule has 0 aliphatic carbocycles. The molecule has 3 rings (SSSR count). The summed E-state index contributed by atoms with van der Waals surface area (Å²) in [6.07, 6.45) is 0.354. The van der Waals surface area contributed by atoms with Gasteiger partial charge in [-0.3, -0.25) is 9.59 Å². The highest BCUT2D eigenvalue weighted by molar-refractivity contribution is 6.35. The van der Waals surface area contributed by atoms with Crippen LogP contribution in [0.2, 0.25) is 10.0 Å². The van der Waals surface area contributed by atoms with E-state index in [0.29, 0.717) is 34.3 Å². The standard InChI is InChI=1S/C28H30Cl2N2O3/c1-4-31-28(34)25(15-21-10-6-5-7-11-21)32(17-22-13-14-23(29)16-24(22)30)27(33)18-35-26-12-8-9-19(2)20(26)3/h5-14,16,25H,4,15,17-18H2,1-3H3,(H,31,34)/t25-/m0/s1. The molecule has 3 aromatic rings. The number of hydrogen-bond donors (Lipinski definition) is 1. The zero-order valence-corrected chi connectivity index (χ0v) is 21.7. The van der Waals surface area contributed by atoms with Crippen molar-refractivity contribution >= 4 is 35.0 Å². The van der Waals surface area contributed by atoms with Crippen molar-refractivity contribution in [3.05, 3.63) is 99.0 Å². The van der Waals surface area contributed by atoms with Gasteiger partial charge in [0.15, 0.2) is 6.61 Å². The van der Waals surface area contributed by atoms with Crippen LogP contribution in [-0.4, -0.2) is 35.9 Å². The minimum absolute atomic E-state index is 0.139. The van der Waals surface area contributed by atoms with E-state index in [1.165, 1.54) is 4.90 Å². The molecule has 0 radical (unpaired) electrons. The molecule has 35 heavy (non-hydrogen) atoms. The number of rotatable bonds is 10. The van der Waals surface area contributed by atoms with E-state index in [1.54, 1.807) is 18.2 Å². The van der Waals surface area contributed by atoms with Crippen molar-refractivity contribution in [2.24, 2.45) is 0 Å². The fourth-order valence-electron chi connectivity index (χ4n) is 3.78. The summed E-state index contributed by atoms with van der Waals surface area (Å²) in [5, 5.41) is 3.80. The first kappa shape index (κ1) is 26.6. The predicted molar refractivity (Wildman–Crippen MR) is 141 cm³/mol. The highest BCUT2D eigenvalue weighted by Gasteiger charge is 2.31. The Morgan fingerprint density at radius 3 is 2.43 bits per heavy atom. The van der Waals surface area contributed by atoms with Gasteiger partial charge in [-0.05, 0) is 61.2 Å². The average molecular weight is 513 g/mol. The van der Waals surface area contributed by atoms with Crippen molar-refractivity contribution in [2.75, 3.05) is 13.2 Å². The van der Waals surface area contributed by atoms with Crippen molar-refractivity contribution in [3.8, 4) is 5.75 Å². The Hall–Kier alpha value is -3.02. The maximum Gasteiger partial charge on any atom is 0.261 e. The lowest BCUT2D eigenvalue weighted by Gasteiger charge is -2.31. The first-order valence-electron chi connectivity index (χ1n) is 11.5. The summed E-state index contributed by atoms with van der Waals surface area (Å²) in [7, 11) is 0. The number of carbonyl (C=O) groups is 2. The third-order valence-corrected chi connectivity index (χ3v) is 6.47. The molecule has 0 saturated heterocycles. The number of halogens is 2. The van der Waals surface area contributed by atoms with E-state index in [-0.39, 0.29) is 25.0 Å². The fourth-order valence-corrected chi connectivity index (χ4v) is 4.25. The van der Waals surface area contributed by atoms with E-state index >= 15 is 0 Å². The molecule has 0 aromatic heterocycles. The van der Waals surface area contributed by atoms with Crippen molar-refractivity contribution in [3.63, 3.8) is 0 Å². The monoisotopic (exact) mass is 512 g/mol. The maximum atomic E-state index is 13.6. The predicted octanol–water partition coefficient (Wildman–Crippen LogP) is 5.77. The Morgan fingerprint density at radius 2 is 1.74 bits per heavy atom. The smallest absolute Gasteiger partial charge is 0.261 e. The van der Waals surface area contributed by atoms with Gasteiger partial charge in [-0.1, -0.05) is 71.7 Å². The lowest BCUT2D eigenvalue weighted by atomic mass is 10.0. The molecule has 5 nitrogen and oxygen atoms in total. The van der Waals surface area contributed by atoms with Crippen molar-refractivity contribution in [1.82, 2.24) is 10.2 Å². The van der Waals surface area contributed by atoms with Gasteiger partial charge >= 0.3 is 0 Å². The van der Waals surface area contributed by atoms with Crippen LogP contribution in [0.5, 0.6) is 5.75 Å². The zero-order valence-electron chi connectivity index (χ0n) is 20.2. The Balaban J connectivity index is 1.94.